The molecule has 0 spiro atoms. The van der Waals surface area contributed by atoms with Crippen molar-refractivity contribution in [2.75, 3.05) is 20.2 Å². The molecule has 2 rings (SSSR count). The number of carbonyl (C=O) groups excluding carboxylic acids is 2. The van der Waals surface area contributed by atoms with Gasteiger partial charge in [-0.2, -0.15) is 8.78 Å². The molecule has 8 heteroatoms. The molecule has 2 aromatic rings. The molecule has 138 valence electrons. The summed E-state index contributed by atoms with van der Waals surface area (Å²) in [6, 6.07) is 12.1. The van der Waals surface area contributed by atoms with Crippen molar-refractivity contribution in [3.63, 3.8) is 0 Å². The summed E-state index contributed by atoms with van der Waals surface area (Å²) in [5.41, 5.74) is 0.651. The van der Waals surface area contributed by atoms with Crippen molar-refractivity contribution >= 4 is 11.8 Å². The molecule has 0 heterocycles. The van der Waals surface area contributed by atoms with E-state index in [0.717, 1.165) is 0 Å². The molecule has 0 saturated heterocycles. The van der Waals surface area contributed by atoms with Crippen LogP contribution >= 0.6 is 0 Å². The molecule has 2 amide bonds. The van der Waals surface area contributed by atoms with Gasteiger partial charge < -0.3 is 20.1 Å². The van der Waals surface area contributed by atoms with E-state index in [1.807, 2.05) is 0 Å². The molecule has 26 heavy (non-hydrogen) atoms. The highest BCUT2D eigenvalue weighted by Crippen LogP contribution is 2.15. The molecule has 6 nitrogen and oxygen atoms in total. The van der Waals surface area contributed by atoms with Crippen molar-refractivity contribution in [3.8, 4) is 11.5 Å². The second kappa shape index (κ2) is 9.36. The van der Waals surface area contributed by atoms with Crippen molar-refractivity contribution in [2.45, 2.75) is 6.61 Å². The van der Waals surface area contributed by atoms with E-state index < -0.39 is 12.5 Å². The fourth-order valence-corrected chi connectivity index (χ4v) is 2.11. The summed E-state index contributed by atoms with van der Waals surface area (Å²) >= 11 is 0. The largest absolute Gasteiger partial charge is 0.497 e. The first-order chi connectivity index (χ1) is 12.5. The Balaban J connectivity index is 1.78. The van der Waals surface area contributed by atoms with Gasteiger partial charge in [-0.1, -0.05) is 6.07 Å². The summed E-state index contributed by atoms with van der Waals surface area (Å²) in [6.45, 7) is -2.56. The highest BCUT2D eigenvalue weighted by atomic mass is 19.3. The Morgan fingerprint density at radius 1 is 0.923 bits per heavy atom. The molecule has 0 saturated carbocycles. The molecule has 0 aliphatic carbocycles. The standard InChI is InChI=1S/C18H18F2N2O4/c1-25-14-7-5-12(6-8-14)16(23)21-9-10-22-17(24)13-3-2-4-15(11-13)26-18(19)20/h2-8,11,18H,9-10H2,1H3,(H,21,23)(H,22,24). The SMILES string of the molecule is COc1ccc(C(=O)NCCNC(=O)c2cccc(OC(F)F)c2)cc1. The van der Waals surface area contributed by atoms with Crippen molar-refractivity contribution in [3.05, 3.63) is 59.7 Å². The van der Waals surface area contributed by atoms with Gasteiger partial charge in [0.25, 0.3) is 11.8 Å². The summed E-state index contributed by atoms with van der Waals surface area (Å²) < 4.78 is 33.6. The lowest BCUT2D eigenvalue weighted by Gasteiger charge is -2.09. The highest BCUT2D eigenvalue weighted by Gasteiger charge is 2.10. The molecule has 0 aromatic heterocycles. The van der Waals surface area contributed by atoms with Gasteiger partial charge in [-0.25, -0.2) is 0 Å². The van der Waals surface area contributed by atoms with Crippen molar-refractivity contribution < 1.29 is 27.8 Å². The summed E-state index contributed by atoms with van der Waals surface area (Å²) in [6.07, 6.45) is 0. The molecule has 2 aromatic carbocycles. The predicted molar refractivity (Wildman–Crippen MR) is 90.7 cm³/mol. The highest BCUT2D eigenvalue weighted by molar-refractivity contribution is 5.95. The van der Waals surface area contributed by atoms with Crippen LogP contribution in [0, 0.1) is 0 Å². The number of nitrogens with one attached hydrogen (secondary N) is 2. The van der Waals surface area contributed by atoms with Crippen molar-refractivity contribution in [1.82, 2.24) is 10.6 Å². The minimum atomic E-state index is -2.96. The lowest BCUT2D eigenvalue weighted by molar-refractivity contribution is -0.0498. The Kier molecular flexibility index (Phi) is 6.90. The van der Waals surface area contributed by atoms with Crippen molar-refractivity contribution in [1.29, 1.82) is 0 Å². The Labute approximate surface area is 149 Å². The average molecular weight is 364 g/mol. The van der Waals surface area contributed by atoms with E-state index in [-0.39, 0.29) is 30.3 Å². The molecule has 0 bridgehead atoms. The van der Waals surface area contributed by atoms with Gasteiger partial charge >= 0.3 is 6.61 Å². The number of ether oxygens (including phenoxy) is 2. The van der Waals surface area contributed by atoms with Crippen LogP contribution in [0.15, 0.2) is 48.5 Å². The molecular weight excluding hydrogens is 346 g/mol. The van der Waals surface area contributed by atoms with Gasteiger partial charge in [-0.05, 0) is 42.5 Å². The Morgan fingerprint density at radius 3 is 2.12 bits per heavy atom. The molecule has 0 atom stereocenters. The second-order valence-electron chi connectivity index (χ2n) is 5.15. The van der Waals surface area contributed by atoms with Crippen LogP contribution in [0.1, 0.15) is 20.7 Å². The molecule has 0 unspecified atom stereocenters. The van der Waals surface area contributed by atoms with E-state index in [0.29, 0.717) is 11.3 Å². The maximum atomic E-state index is 12.2. The quantitative estimate of drug-likeness (QED) is 0.706. The molecule has 0 aliphatic rings. The van der Waals surface area contributed by atoms with Gasteiger partial charge in [0.15, 0.2) is 0 Å². The van der Waals surface area contributed by atoms with Crippen LogP contribution in [-0.2, 0) is 0 Å². The Bertz CT molecular complexity index is 751. The van der Waals surface area contributed by atoms with Crippen LogP contribution < -0.4 is 20.1 Å². The fourth-order valence-electron chi connectivity index (χ4n) is 2.11. The van der Waals surface area contributed by atoms with Crippen LogP contribution in [0.25, 0.3) is 0 Å². The lowest BCUT2D eigenvalue weighted by atomic mass is 10.2. The van der Waals surface area contributed by atoms with Crippen molar-refractivity contribution in [2.24, 2.45) is 0 Å². The van der Waals surface area contributed by atoms with Crippen LogP contribution in [0.2, 0.25) is 0 Å². The smallest absolute Gasteiger partial charge is 0.387 e. The minimum Gasteiger partial charge on any atom is -0.497 e. The third-order valence-electron chi connectivity index (χ3n) is 3.37. The number of methoxy groups -OCH3 is 1. The first-order valence-corrected chi connectivity index (χ1v) is 7.75. The summed E-state index contributed by atoms with van der Waals surface area (Å²) in [5, 5.41) is 5.25. The number of amides is 2. The van der Waals surface area contributed by atoms with E-state index in [1.165, 1.54) is 31.4 Å². The third kappa shape index (κ3) is 5.73. The molecule has 2 N–H and O–H groups in total. The number of hydrogen-bond acceptors (Lipinski definition) is 4. The van der Waals surface area contributed by atoms with Crippen LogP contribution in [0.4, 0.5) is 8.78 Å². The van der Waals surface area contributed by atoms with E-state index >= 15 is 0 Å². The Morgan fingerprint density at radius 2 is 1.54 bits per heavy atom. The number of benzene rings is 2. The topological polar surface area (TPSA) is 76.7 Å². The van der Waals surface area contributed by atoms with E-state index in [9.17, 15) is 18.4 Å². The fraction of sp³-hybridized carbons (Fsp3) is 0.222. The summed E-state index contributed by atoms with van der Waals surface area (Å²) in [5.74, 6) is -0.190. The first kappa shape index (κ1) is 19.2. The zero-order valence-electron chi connectivity index (χ0n) is 14.0. The van der Waals surface area contributed by atoms with Gasteiger partial charge in [-0.15, -0.1) is 0 Å². The van der Waals surface area contributed by atoms with Crippen LogP contribution in [0.3, 0.4) is 0 Å². The predicted octanol–water partition coefficient (Wildman–Crippen LogP) is 2.46. The lowest BCUT2D eigenvalue weighted by Crippen LogP contribution is -2.34. The zero-order chi connectivity index (χ0) is 18.9. The summed E-state index contributed by atoms with van der Waals surface area (Å²) in [4.78, 5) is 23.9. The average Bonchev–Trinajstić information content (AvgIpc) is 2.64. The van der Waals surface area contributed by atoms with Crippen LogP contribution in [-0.4, -0.2) is 38.6 Å². The monoisotopic (exact) mass is 364 g/mol. The zero-order valence-corrected chi connectivity index (χ0v) is 14.0. The molecular formula is C18H18F2N2O4. The Hall–Kier alpha value is -3.16. The van der Waals surface area contributed by atoms with Gasteiger partial charge in [0.05, 0.1) is 7.11 Å². The normalized spacial score (nSPS) is 10.3. The van der Waals surface area contributed by atoms with E-state index in [2.05, 4.69) is 15.4 Å². The van der Waals surface area contributed by atoms with E-state index in [1.54, 1.807) is 24.3 Å². The maximum absolute atomic E-state index is 12.2. The van der Waals surface area contributed by atoms with Crippen LogP contribution in [0.5, 0.6) is 11.5 Å². The molecule has 0 aliphatic heterocycles. The molecule has 0 fully saturated rings. The maximum Gasteiger partial charge on any atom is 0.387 e. The van der Waals surface area contributed by atoms with Gasteiger partial charge in [0.1, 0.15) is 11.5 Å². The van der Waals surface area contributed by atoms with Gasteiger partial charge in [0, 0.05) is 24.2 Å². The number of halogens is 2. The van der Waals surface area contributed by atoms with Gasteiger partial charge in [0.2, 0.25) is 0 Å². The summed E-state index contributed by atoms with van der Waals surface area (Å²) in [7, 11) is 1.53. The number of alkyl halides is 2. The number of rotatable bonds is 8. The van der Waals surface area contributed by atoms with E-state index in [4.69, 9.17) is 4.74 Å². The minimum absolute atomic E-state index is 0.0968. The number of carbonyl (C=O) groups is 2. The second-order valence-corrected chi connectivity index (χ2v) is 5.15. The van der Waals surface area contributed by atoms with Gasteiger partial charge in [-0.3, -0.25) is 9.59 Å². The number of hydrogen-bond donors (Lipinski definition) is 2. The molecule has 0 radical (unpaired) electrons. The third-order valence-corrected chi connectivity index (χ3v) is 3.37. The first-order valence-electron chi connectivity index (χ1n) is 7.75.